The van der Waals surface area contributed by atoms with Gasteiger partial charge in [-0.1, -0.05) is 18.2 Å². The molecule has 0 spiro atoms. The molecule has 0 saturated heterocycles. The average Bonchev–Trinajstić information content (AvgIpc) is 2.42. The first-order valence-corrected chi connectivity index (χ1v) is 7.00. The summed E-state index contributed by atoms with van der Waals surface area (Å²) in [4.78, 5) is 11.8. The molecule has 100 valence electrons. The predicted molar refractivity (Wildman–Crippen MR) is 70.1 cm³/mol. The van der Waals surface area contributed by atoms with Gasteiger partial charge in [0, 0.05) is 13.2 Å². The van der Waals surface area contributed by atoms with E-state index < -0.39 is 15.4 Å². The van der Waals surface area contributed by atoms with Crippen molar-refractivity contribution >= 4 is 9.84 Å². The Kier molecular flexibility index (Phi) is 3.44. The number of aromatic nitrogens is 1. The minimum Gasteiger partial charge on any atom is -0.495 e. The van der Waals surface area contributed by atoms with E-state index in [1.165, 1.54) is 43.1 Å². The van der Waals surface area contributed by atoms with Crippen LogP contribution in [0.15, 0.2) is 57.2 Å². The van der Waals surface area contributed by atoms with Crippen molar-refractivity contribution in [1.29, 1.82) is 0 Å². The van der Waals surface area contributed by atoms with Crippen molar-refractivity contribution in [3.8, 4) is 5.75 Å². The van der Waals surface area contributed by atoms with Crippen molar-refractivity contribution in [2.75, 3.05) is 7.11 Å². The lowest BCUT2D eigenvalue weighted by atomic mass is 10.4. The minimum absolute atomic E-state index is 0.0481. The number of nitrogens with zero attached hydrogens (tertiary/aromatic N) is 1. The van der Waals surface area contributed by atoms with E-state index in [0.29, 0.717) is 0 Å². The molecule has 6 heteroatoms. The van der Waals surface area contributed by atoms with E-state index in [9.17, 15) is 13.2 Å². The molecular weight excluding hydrogens is 266 g/mol. The van der Waals surface area contributed by atoms with Crippen molar-refractivity contribution in [2.24, 2.45) is 7.05 Å². The van der Waals surface area contributed by atoms with Crippen molar-refractivity contribution in [1.82, 2.24) is 4.57 Å². The molecule has 2 aromatic rings. The molecule has 0 radical (unpaired) electrons. The van der Waals surface area contributed by atoms with E-state index in [2.05, 4.69) is 0 Å². The average molecular weight is 279 g/mol. The first-order chi connectivity index (χ1) is 8.98. The minimum atomic E-state index is -3.89. The maximum atomic E-state index is 12.5. The third kappa shape index (κ3) is 2.26. The fourth-order valence-electron chi connectivity index (χ4n) is 1.71. The Labute approximate surface area is 111 Å². The van der Waals surface area contributed by atoms with Gasteiger partial charge in [0.15, 0.2) is 4.90 Å². The lowest BCUT2D eigenvalue weighted by Gasteiger charge is -2.10. The highest BCUT2D eigenvalue weighted by molar-refractivity contribution is 7.91. The molecule has 0 amide bonds. The van der Waals surface area contributed by atoms with Gasteiger partial charge in [-0.25, -0.2) is 8.42 Å². The van der Waals surface area contributed by atoms with Gasteiger partial charge in [-0.3, -0.25) is 4.79 Å². The highest BCUT2D eigenvalue weighted by atomic mass is 32.2. The van der Waals surface area contributed by atoms with E-state index in [1.807, 2.05) is 0 Å². The number of sulfone groups is 1. The normalized spacial score (nSPS) is 11.3. The highest BCUT2D eigenvalue weighted by Gasteiger charge is 2.26. The van der Waals surface area contributed by atoms with Gasteiger partial charge in [0.2, 0.25) is 9.84 Å². The Morgan fingerprint density at radius 1 is 1.11 bits per heavy atom. The molecule has 1 aromatic heterocycles. The molecular formula is C13H13NO4S. The van der Waals surface area contributed by atoms with Gasteiger partial charge in [0.25, 0.3) is 5.56 Å². The van der Waals surface area contributed by atoms with Crippen LogP contribution in [0.1, 0.15) is 0 Å². The van der Waals surface area contributed by atoms with Crippen LogP contribution >= 0.6 is 0 Å². The number of aryl methyl sites for hydroxylation is 1. The molecule has 1 aromatic carbocycles. The van der Waals surface area contributed by atoms with Gasteiger partial charge in [-0.15, -0.1) is 0 Å². The van der Waals surface area contributed by atoms with E-state index in [1.54, 1.807) is 18.2 Å². The molecule has 0 fully saturated rings. The Balaban J connectivity index is 2.79. The van der Waals surface area contributed by atoms with Crippen LogP contribution in [-0.2, 0) is 16.9 Å². The summed E-state index contributed by atoms with van der Waals surface area (Å²) in [5.41, 5.74) is -0.608. The summed E-state index contributed by atoms with van der Waals surface area (Å²) in [5.74, 6) is 0.0481. The summed E-state index contributed by atoms with van der Waals surface area (Å²) in [7, 11) is -1.07. The molecule has 0 aliphatic heterocycles. The SMILES string of the molecule is COc1ccn(C)c(=O)c1S(=O)(=O)c1ccccc1. The summed E-state index contributed by atoms with van der Waals surface area (Å²) in [6.07, 6.45) is 1.46. The van der Waals surface area contributed by atoms with Gasteiger partial charge in [0.1, 0.15) is 5.75 Å². The fraction of sp³-hybridized carbons (Fsp3) is 0.154. The summed E-state index contributed by atoms with van der Waals surface area (Å²) in [6, 6.07) is 9.26. The molecule has 2 rings (SSSR count). The molecule has 19 heavy (non-hydrogen) atoms. The van der Waals surface area contributed by atoms with E-state index in [0.717, 1.165) is 0 Å². The second kappa shape index (κ2) is 4.89. The molecule has 5 nitrogen and oxygen atoms in total. The van der Waals surface area contributed by atoms with Gasteiger partial charge in [-0.2, -0.15) is 0 Å². The van der Waals surface area contributed by atoms with Crippen LogP contribution < -0.4 is 10.3 Å². The molecule has 0 N–H and O–H groups in total. The maximum Gasteiger partial charge on any atom is 0.273 e. The van der Waals surface area contributed by atoms with Gasteiger partial charge in [0.05, 0.1) is 12.0 Å². The molecule has 0 aliphatic rings. The third-order valence-corrected chi connectivity index (χ3v) is 4.54. The summed E-state index contributed by atoms with van der Waals surface area (Å²) in [6.45, 7) is 0. The lowest BCUT2D eigenvalue weighted by molar-refractivity contribution is 0.399. The predicted octanol–water partition coefficient (Wildman–Crippen LogP) is 1.23. The second-order valence-electron chi connectivity index (χ2n) is 3.95. The summed E-state index contributed by atoms with van der Waals surface area (Å²) < 4.78 is 31.2. The maximum absolute atomic E-state index is 12.5. The van der Waals surface area contributed by atoms with Crippen molar-refractivity contribution < 1.29 is 13.2 Å². The number of hydrogen-bond acceptors (Lipinski definition) is 4. The summed E-state index contributed by atoms with van der Waals surface area (Å²) in [5, 5.41) is 0. The van der Waals surface area contributed by atoms with E-state index >= 15 is 0 Å². The second-order valence-corrected chi connectivity index (χ2v) is 5.83. The van der Waals surface area contributed by atoms with Crippen molar-refractivity contribution in [3.05, 3.63) is 52.9 Å². The van der Waals surface area contributed by atoms with Gasteiger partial charge in [-0.05, 0) is 18.2 Å². The molecule has 0 unspecified atom stereocenters. The van der Waals surface area contributed by atoms with Crippen LogP contribution in [0.5, 0.6) is 5.75 Å². The molecule has 0 bridgehead atoms. The number of ether oxygens (including phenoxy) is 1. The highest BCUT2D eigenvalue weighted by Crippen LogP contribution is 2.25. The zero-order valence-corrected chi connectivity index (χ0v) is 11.3. The zero-order valence-electron chi connectivity index (χ0n) is 10.5. The molecule has 0 atom stereocenters. The van der Waals surface area contributed by atoms with Crippen molar-refractivity contribution in [2.45, 2.75) is 9.79 Å². The number of methoxy groups -OCH3 is 1. The first-order valence-electron chi connectivity index (χ1n) is 5.52. The Morgan fingerprint density at radius 3 is 2.32 bits per heavy atom. The monoisotopic (exact) mass is 279 g/mol. The fourth-order valence-corrected chi connectivity index (χ4v) is 3.26. The van der Waals surface area contributed by atoms with Crippen molar-refractivity contribution in [3.63, 3.8) is 0 Å². The van der Waals surface area contributed by atoms with E-state index in [-0.39, 0.29) is 15.5 Å². The topological polar surface area (TPSA) is 65.4 Å². The Bertz CT molecular complexity index is 748. The van der Waals surface area contributed by atoms with Gasteiger partial charge >= 0.3 is 0 Å². The zero-order chi connectivity index (χ0) is 14.0. The number of benzene rings is 1. The lowest BCUT2D eigenvalue weighted by Crippen LogP contribution is -2.24. The summed E-state index contributed by atoms with van der Waals surface area (Å²) >= 11 is 0. The number of pyridine rings is 1. The largest absolute Gasteiger partial charge is 0.495 e. The van der Waals surface area contributed by atoms with Crippen LogP contribution in [0.2, 0.25) is 0 Å². The molecule has 0 aliphatic carbocycles. The van der Waals surface area contributed by atoms with E-state index in [4.69, 9.17) is 4.74 Å². The van der Waals surface area contributed by atoms with Crippen LogP contribution in [0.4, 0.5) is 0 Å². The third-order valence-electron chi connectivity index (χ3n) is 2.73. The molecule has 0 saturated carbocycles. The van der Waals surface area contributed by atoms with Crippen LogP contribution in [0.25, 0.3) is 0 Å². The standard InChI is InChI=1S/C13H13NO4S/c1-14-9-8-11(18-2)12(13(14)15)19(16,17)10-6-4-3-5-7-10/h3-9H,1-2H3. The van der Waals surface area contributed by atoms with Crippen LogP contribution in [0, 0.1) is 0 Å². The van der Waals surface area contributed by atoms with Crippen LogP contribution in [0.3, 0.4) is 0 Å². The van der Waals surface area contributed by atoms with Gasteiger partial charge < -0.3 is 9.30 Å². The quantitative estimate of drug-likeness (QED) is 0.847. The number of rotatable bonds is 3. The van der Waals surface area contributed by atoms with Crippen LogP contribution in [-0.4, -0.2) is 20.1 Å². The Hall–Kier alpha value is -2.08. The Morgan fingerprint density at radius 2 is 1.74 bits per heavy atom. The number of hydrogen-bond donors (Lipinski definition) is 0. The molecule has 1 heterocycles. The first kappa shape index (κ1) is 13.4. The smallest absolute Gasteiger partial charge is 0.273 e.